The Bertz CT molecular complexity index is 1680. The lowest BCUT2D eigenvalue weighted by Gasteiger charge is -2.45. The van der Waals surface area contributed by atoms with Crippen LogP contribution in [0, 0.1) is 0 Å². The van der Waals surface area contributed by atoms with E-state index < -0.39 is 17.7 Å². The molecule has 1 unspecified atom stereocenters. The van der Waals surface area contributed by atoms with Gasteiger partial charge >= 0.3 is 6.09 Å². The zero-order valence-electron chi connectivity index (χ0n) is 27.7. The molecule has 0 radical (unpaired) electrons. The molecule has 2 atom stereocenters. The van der Waals surface area contributed by atoms with Crippen molar-refractivity contribution in [2.45, 2.75) is 70.8 Å². The molecule has 0 N–H and O–H groups in total. The predicted molar refractivity (Wildman–Crippen MR) is 190 cm³/mol. The maximum Gasteiger partial charge on any atom is 0.411 e. The van der Waals surface area contributed by atoms with Gasteiger partial charge in [0.25, 0.3) is 0 Å². The van der Waals surface area contributed by atoms with E-state index in [1.54, 1.807) is 17.4 Å². The molecule has 4 aromatic rings. The zero-order valence-corrected chi connectivity index (χ0v) is 30.0. The van der Waals surface area contributed by atoms with Crippen molar-refractivity contribution in [3.05, 3.63) is 117 Å². The molecule has 1 aliphatic carbocycles. The summed E-state index contributed by atoms with van der Waals surface area (Å²) in [4.78, 5) is 43.6. The number of carbonyl (C=O) groups excluding carboxylic acids is 2. The van der Waals surface area contributed by atoms with Crippen LogP contribution in [0.25, 0.3) is 0 Å². The number of ether oxygens (including phenoxy) is 1. The zero-order chi connectivity index (χ0) is 33.8. The van der Waals surface area contributed by atoms with E-state index in [0.717, 1.165) is 52.7 Å². The lowest BCUT2D eigenvalue weighted by atomic mass is 9.95. The Morgan fingerprint density at radius 3 is 2.60 bits per heavy atom. The average molecular weight is 734 g/mol. The number of rotatable bonds is 8. The molecule has 2 aliphatic rings. The Morgan fingerprint density at radius 1 is 1.06 bits per heavy atom. The van der Waals surface area contributed by atoms with Gasteiger partial charge in [0, 0.05) is 67.4 Å². The molecule has 3 heterocycles. The summed E-state index contributed by atoms with van der Waals surface area (Å²) in [7, 11) is 0. The van der Waals surface area contributed by atoms with Crippen molar-refractivity contribution < 1.29 is 14.3 Å². The van der Waals surface area contributed by atoms with Crippen LogP contribution in [0.1, 0.15) is 61.2 Å². The van der Waals surface area contributed by atoms with Crippen molar-refractivity contribution in [1.29, 1.82) is 0 Å². The minimum absolute atomic E-state index is 0.103. The van der Waals surface area contributed by atoms with Gasteiger partial charge in [-0.2, -0.15) is 0 Å². The van der Waals surface area contributed by atoms with Crippen molar-refractivity contribution in [1.82, 2.24) is 29.2 Å². The molecular weight excluding hydrogens is 692 g/mol. The molecule has 0 bridgehead atoms. The highest BCUT2D eigenvalue weighted by Crippen LogP contribution is 2.39. The SMILES string of the molecule is CC(C)(C)OC(=O)N1CCN([C@@H]2c3ccc(Cl)cc3CCc3cc(Br)cnc32)CC1C(=O)N(CCCn1ccnc1)Cc1ccccc1. The van der Waals surface area contributed by atoms with E-state index in [2.05, 4.69) is 37.9 Å². The number of hydrogen-bond donors (Lipinski definition) is 0. The highest BCUT2D eigenvalue weighted by molar-refractivity contribution is 9.10. The number of benzene rings is 2. The molecule has 2 amide bonds. The number of carbonyl (C=O) groups is 2. The van der Waals surface area contributed by atoms with E-state index >= 15 is 0 Å². The van der Waals surface area contributed by atoms with Crippen LogP contribution in [0.3, 0.4) is 0 Å². The Kier molecular flexibility index (Phi) is 10.5. The number of aryl methyl sites for hydroxylation is 3. The lowest BCUT2D eigenvalue weighted by Crippen LogP contribution is -2.62. The Morgan fingerprint density at radius 2 is 1.85 bits per heavy atom. The second-order valence-electron chi connectivity index (χ2n) is 13.5. The number of amides is 2. The van der Waals surface area contributed by atoms with Crippen LogP contribution < -0.4 is 0 Å². The van der Waals surface area contributed by atoms with E-state index in [1.807, 2.05) is 85.1 Å². The number of aromatic nitrogens is 3. The maximum atomic E-state index is 14.8. The third kappa shape index (κ3) is 8.10. The number of nitrogens with zero attached hydrogens (tertiary/aromatic N) is 6. The standard InChI is InChI=1S/C37H42BrClN6O3/c1-37(2,3)48-36(47)45-19-18-43(34-31-13-12-30(39)21-27(31)10-11-28-20-29(38)22-41-33(28)34)24-32(45)35(46)44(23-26-8-5-4-6-9-26)16-7-15-42-17-14-40-25-42/h4-6,8-9,12-14,17,20-22,25,32,34H,7,10-11,15-16,18-19,23-24H2,1-3H3/t32?,34-/m1/s1. The van der Waals surface area contributed by atoms with Gasteiger partial charge in [-0.25, -0.2) is 9.78 Å². The topological polar surface area (TPSA) is 83.8 Å². The van der Waals surface area contributed by atoms with E-state index in [1.165, 1.54) is 5.56 Å². The van der Waals surface area contributed by atoms with E-state index in [0.29, 0.717) is 37.7 Å². The smallest absolute Gasteiger partial charge is 0.411 e. The normalized spacial score (nSPS) is 18.1. The largest absolute Gasteiger partial charge is 0.444 e. The molecule has 11 heteroatoms. The number of piperazine rings is 1. The predicted octanol–water partition coefficient (Wildman–Crippen LogP) is 6.92. The quantitative estimate of drug-likeness (QED) is 0.196. The van der Waals surface area contributed by atoms with Gasteiger partial charge in [-0.05, 0) is 96.4 Å². The summed E-state index contributed by atoms with van der Waals surface area (Å²) in [5, 5.41) is 0.697. The van der Waals surface area contributed by atoms with Crippen LogP contribution in [0.2, 0.25) is 5.02 Å². The first-order valence-corrected chi connectivity index (χ1v) is 17.7. The third-order valence-corrected chi connectivity index (χ3v) is 9.58. The van der Waals surface area contributed by atoms with Gasteiger partial charge in [-0.3, -0.25) is 19.6 Å². The van der Waals surface area contributed by atoms with Gasteiger partial charge < -0.3 is 14.2 Å². The fourth-order valence-electron chi connectivity index (χ4n) is 6.72. The first-order valence-electron chi connectivity index (χ1n) is 16.5. The Balaban J connectivity index is 1.36. The number of imidazole rings is 1. The van der Waals surface area contributed by atoms with Crippen molar-refractivity contribution in [2.24, 2.45) is 0 Å². The van der Waals surface area contributed by atoms with Gasteiger partial charge in [0.05, 0.1) is 18.1 Å². The molecule has 252 valence electrons. The number of pyridine rings is 1. The van der Waals surface area contributed by atoms with Crippen LogP contribution >= 0.6 is 27.5 Å². The second-order valence-corrected chi connectivity index (χ2v) is 14.9. The van der Waals surface area contributed by atoms with Gasteiger partial charge in [0.1, 0.15) is 11.6 Å². The summed E-state index contributed by atoms with van der Waals surface area (Å²) in [5.41, 5.74) is 4.76. The molecule has 2 aromatic carbocycles. The van der Waals surface area contributed by atoms with Crippen molar-refractivity contribution in [3.63, 3.8) is 0 Å². The first kappa shape index (κ1) is 34.1. The molecule has 1 saturated heterocycles. The average Bonchev–Trinajstić information content (AvgIpc) is 3.52. The monoisotopic (exact) mass is 732 g/mol. The maximum absolute atomic E-state index is 14.8. The van der Waals surface area contributed by atoms with Crippen molar-refractivity contribution in [3.8, 4) is 0 Å². The highest BCUT2D eigenvalue weighted by Gasteiger charge is 2.43. The number of hydrogen-bond acceptors (Lipinski definition) is 6. The number of fused-ring (bicyclic) bond motifs is 2. The van der Waals surface area contributed by atoms with Gasteiger partial charge in [-0.1, -0.05) is 48.0 Å². The van der Waals surface area contributed by atoms with Crippen molar-refractivity contribution >= 4 is 39.5 Å². The molecule has 0 saturated carbocycles. The molecule has 1 aliphatic heterocycles. The second kappa shape index (κ2) is 14.8. The highest BCUT2D eigenvalue weighted by atomic mass is 79.9. The molecule has 9 nitrogen and oxygen atoms in total. The van der Waals surface area contributed by atoms with Gasteiger partial charge in [-0.15, -0.1) is 0 Å². The summed E-state index contributed by atoms with van der Waals surface area (Å²) in [6.45, 7) is 8.45. The molecular formula is C37H42BrClN6O3. The summed E-state index contributed by atoms with van der Waals surface area (Å²) in [6, 6.07) is 17.2. The van der Waals surface area contributed by atoms with Crippen LogP contribution in [-0.2, 0) is 35.5 Å². The molecule has 6 rings (SSSR count). The Hall–Kier alpha value is -3.73. The lowest BCUT2D eigenvalue weighted by molar-refractivity contribution is -0.140. The minimum atomic E-state index is -0.761. The van der Waals surface area contributed by atoms with Gasteiger partial charge in [0.2, 0.25) is 5.91 Å². The molecule has 0 spiro atoms. The Labute approximate surface area is 296 Å². The van der Waals surface area contributed by atoms with Crippen LogP contribution in [0.15, 0.2) is 84.0 Å². The van der Waals surface area contributed by atoms with Gasteiger partial charge in [0.15, 0.2) is 0 Å². The summed E-state index contributed by atoms with van der Waals surface area (Å²) in [5.74, 6) is -0.103. The molecule has 2 aromatic heterocycles. The first-order chi connectivity index (χ1) is 23.1. The summed E-state index contributed by atoms with van der Waals surface area (Å²) < 4.78 is 8.82. The number of halogens is 2. The minimum Gasteiger partial charge on any atom is -0.444 e. The molecule has 48 heavy (non-hydrogen) atoms. The summed E-state index contributed by atoms with van der Waals surface area (Å²) >= 11 is 10.1. The van der Waals surface area contributed by atoms with Crippen molar-refractivity contribution in [2.75, 3.05) is 26.2 Å². The molecule has 1 fully saturated rings. The van der Waals surface area contributed by atoms with E-state index in [9.17, 15) is 9.59 Å². The van der Waals surface area contributed by atoms with Crippen LogP contribution in [0.4, 0.5) is 4.79 Å². The fourth-order valence-corrected chi connectivity index (χ4v) is 7.29. The fraction of sp³-hybridized carbons (Fsp3) is 0.405. The van der Waals surface area contributed by atoms with E-state index in [-0.39, 0.29) is 11.9 Å². The summed E-state index contributed by atoms with van der Waals surface area (Å²) in [6.07, 6.45) is 9.23. The van der Waals surface area contributed by atoms with Crippen LogP contribution in [0.5, 0.6) is 0 Å². The van der Waals surface area contributed by atoms with Crippen LogP contribution in [-0.4, -0.2) is 79.1 Å². The van der Waals surface area contributed by atoms with E-state index in [4.69, 9.17) is 21.3 Å². The third-order valence-electron chi connectivity index (χ3n) is 8.91.